The molecule has 0 aliphatic rings. The zero-order valence-electron chi connectivity index (χ0n) is 9.40. The van der Waals surface area contributed by atoms with Crippen molar-refractivity contribution in [3.63, 3.8) is 0 Å². The van der Waals surface area contributed by atoms with Gasteiger partial charge in [0.2, 0.25) is 0 Å². The maximum Gasteiger partial charge on any atom is 0.305 e. The number of hydrogen-bond donors (Lipinski definition) is 2. The van der Waals surface area contributed by atoms with E-state index in [0.717, 1.165) is 5.56 Å². The molecule has 0 saturated heterocycles. The van der Waals surface area contributed by atoms with E-state index in [1.54, 1.807) is 31.5 Å². The Morgan fingerprint density at radius 1 is 1.60 bits per heavy atom. The minimum atomic E-state index is -0.908. The molecule has 0 aromatic carbocycles. The molecule has 1 rings (SSSR count). The Morgan fingerprint density at radius 3 is 2.60 bits per heavy atom. The lowest BCUT2D eigenvalue weighted by Crippen LogP contribution is -2.35. The Bertz CT molecular complexity index is 297. The van der Waals surface area contributed by atoms with Gasteiger partial charge in [-0.3, -0.25) is 9.78 Å². The van der Waals surface area contributed by atoms with Gasteiger partial charge in [-0.2, -0.15) is 0 Å². The van der Waals surface area contributed by atoms with Gasteiger partial charge in [0.05, 0.1) is 12.0 Å². The zero-order chi connectivity index (χ0) is 11.9. The van der Waals surface area contributed by atoms with E-state index in [4.69, 9.17) is 10.8 Å². The predicted molar refractivity (Wildman–Crippen MR) is 59.4 cm³/mol. The molecule has 0 aliphatic heterocycles. The standard InChI is InChI=1S/C9H12N2O2.C2H6/c1-9(10,5-8(12)13)7-3-2-4-11-6-7;1-2/h2-4,6H,5,10H2,1H3,(H,12,13);1-2H3. The van der Waals surface area contributed by atoms with Gasteiger partial charge in [-0.05, 0) is 18.6 Å². The Hall–Kier alpha value is -1.42. The minimum absolute atomic E-state index is 0.0985. The smallest absolute Gasteiger partial charge is 0.305 e. The summed E-state index contributed by atoms with van der Waals surface area (Å²) < 4.78 is 0. The van der Waals surface area contributed by atoms with E-state index in [2.05, 4.69) is 4.98 Å². The Kier molecular flexibility index (Phi) is 5.56. The molecule has 15 heavy (non-hydrogen) atoms. The first-order valence-electron chi connectivity index (χ1n) is 4.93. The third-order valence-electron chi connectivity index (χ3n) is 1.84. The van der Waals surface area contributed by atoms with E-state index in [1.165, 1.54) is 0 Å². The number of hydrogen-bond acceptors (Lipinski definition) is 3. The molecule has 0 bridgehead atoms. The second-order valence-corrected chi connectivity index (χ2v) is 3.23. The van der Waals surface area contributed by atoms with Crippen LogP contribution in [0.5, 0.6) is 0 Å². The number of carboxylic acids is 1. The van der Waals surface area contributed by atoms with Crippen molar-refractivity contribution in [2.75, 3.05) is 0 Å². The van der Waals surface area contributed by atoms with E-state index in [-0.39, 0.29) is 6.42 Å². The molecule has 4 heteroatoms. The molecule has 0 saturated carbocycles. The first kappa shape index (κ1) is 13.6. The van der Waals surface area contributed by atoms with Crippen LogP contribution < -0.4 is 5.73 Å². The molecular weight excluding hydrogens is 192 g/mol. The average Bonchev–Trinajstić information content (AvgIpc) is 2.20. The topological polar surface area (TPSA) is 76.2 Å². The number of aliphatic carboxylic acids is 1. The highest BCUT2D eigenvalue weighted by atomic mass is 16.4. The van der Waals surface area contributed by atoms with Crippen LogP contribution in [0.4, 0.5) is 0 Å². The fourth-order valence-corrected chi connectivity index (χ4v) is 1.12. The summed E-state index contributed by atoms with van der Waals surface area (Å²) in [6.45, 7) is 5.68. The van der Waals surface area contributed by atoms with Crippen molar-refractivity contribution in [1.29, 1.82) is 0 Å². The summed E-state index contributed by atoms with van der Waals surface area (Å²) in [5.74, 6) is -0.908. The molecule has 3 N–H and O–H groups in total. The van der Waals surface area contributed by atoms with Gasteiger partial charge in [0, 0.05) is 12.4 Å². The second-order valence-electron chi connectivity index (χ2n) is 3.23. The monoisotopic (exact) mass is 210 g/mol. The third-order valence-corrected chi connectivity index (χ3v) is 1.84. The molecule has 0 radical (unpaired) electrons. The van der Waals surface area contributed by atoms with Crippen LogP contribution in [0.1, 0.15) is 32.8 Å². The van der Waals surface area contributed by atoms with E-state index in [0.29, 0.717) is 0 Å². The minimum Gasteiger partial charge on any atom is -0.481 e. The van der Waals surface area contributed by atoms with Gasteiger partial charge in [-0.25, -0.2) is 0 Å². The lowest BCUT2D eigenvalue weighted by molar-refractivity contribution is -0.138. The second kappa shape index (κ2) is 6.14. The van der Waals surface area contributed by atoms with Crippen LogP contribution in [0.25, 0.3) is 0 Å². The van der Waals surface area contributed by atoms with Crippen molar-refractivity contribution in [3.05, 3.63) is 30.1 Å². The van der Waals surface area contributed by atoms with Gasteiger partial charge in [-0.15, -0.1) is 0 Å². The van der Waals surface area contributed by atoms with Crippen LogP contribution in [0.15, 0.2) is 24.5 Å². The summed E-state index contributed by atoms with van der Waals surface area (Å²) in [5, 5.41) is 8.61. The molecule has 1 aromatic heterocycles. The number of carbonyl (C=O) groups is 1. The van der Waals surface area contributed by atoms with E-state index in [1.807, 2.05) is 13.8 Å². The normalized spacial score (nSPS) is 13.3. The van der Waals surface area contributed by atoms with Crippen LogP contribution >= 0.6 is 0 Å². The van der Waals surface area contributed by atoms with Crippen LogP contribution in [-0.2, 0) is 10.3 Å². The first-order valence-corrected chi connectivity index (χ1v) is 4.93. The van der Waals surface area contributed by atoms with Crippen molar-refractivity contribution in [3.8, 4) is 0 Å². The van der Waals surface area contributed by atoms with Gasteiger partial charge < -0.3 is 10.8 Å². The van der Waals surface area contributed by atoms with Crippen molar-refractivity contribution >= 4 is 5.97 Å². The first-order chi connectivity index (χ1) is 7.02. The summed E-state index contributed by atoms with van der Waals surface area (Å²) in [5.41, 5.74) is 5.70. The van der Waals surface area contributed by atoms with E-state index in [9.17, 15) is 4.79 Å². The number of rotatable bonds is 3. The van der Waals surface area contributed by atoms with Gasteiger partial charge in [0.1, 0.15) is 0 Å². The molecule has 1 unspecified atom stereocenters. The average molecular weight is 210 g/mol. The van der Waals surface area contributed by atoms with Crippen molar-refractivity contribution in [1.82, 2.24) is 4.98 Å². The highest BCUT2D eigenvalue weighted by molar-refractivity contribution is 5.68. The largest absolute Gasteiger partial charge is 0.481 e. The van der Waals surface area contributed by atoms with Crippen LogP contribution in [0.3, 0.4) is 0 Å². The van der Waals surface area contributed by atoms with Crippen molar-refractivity contribution < 1.29 is 9.90 Å². The van der Waals surface area contributed by atoms with E-state index < -0.39 is 11.5 Å². The Balaban J connectivity index is 0.000000921. The lowest BCUT2D eigenvalue weighted by Gasteiger charge is -2.22. The number of aromatic nitrogens is 1. The van der Waals surface area contributed by atoms with Gasteiger partial charge in [-0.1, -0.05) is 19.9 Å². The van der Waals surface area contributed by atoms with Crippen molar-refractivity contribution in [2.45, 2.75) is 32.7 Å². The van der Waals surface area contributed by atoms with Crippen LogP contribution in [-0.4, -0.2) is 16.1 Å². The Morgan fingerprint density at radius 2 is 2.20 bits per heavy atom. The highest BCUT2D eigenvalue weighted by Gasteiger charge is 2.24. The molecule has 0 fully saturated rings. The van der Waals surface area contributed by atoms with E-state index >= 15 is 0 Å². The molecule has 1 aromatic rings. The lowest BCUT2D eigenvalue weighted by atomic mass is 9.91. The van der Waals surface area contributed by atoms with Gasteiger partial charge >= 0.3 is 5.97 Å². The SMILES string of the molecule is CC.CC(N)(CC(=O)O)c1cccnc1. The summed E-state index contributed by atoms with van der Waals surface area (Å²) in [7, 11) is 0. The molecule has 0 aliphatic carbocycles. The molecule has 0 amide bonds. The number of pyridine rings is 1. The molecule has 84 valence electrons. The maximum absolute atomic E-state index is 10.5. The summed E-state index contributed by atoms with van der Waals surface area (Å²) >= 11 is 0. The third kappa shape index (κ3) is 4.56. The number of nitrogens with two attached hydrogens (primary N) is 1. The molecule has 1 heterocycles. The van der Waals surface area contributed by atoms with Crippen LogP contribution in [0.2, 0.25) is 0 Å². The Labute approximate surface area is 90.1 Å². The molecular formula is C11H18N2O2. The predicted octanol–water partition coefficient (Wildman–Crippen LogP) is 1.76. The molecule has 0 spiro atoms. The number of nitrogens with zero attached hydrogens (tertiary/aromatic N) is 1. The fourth-order valence-electron chi connectivity index (χ4n) is 1.12. The van der Waals surface area contributed by atoms with Gasteiger partial charge in [0.15, 0.2) is 0 Å². The summed E-state index contributed by atoms with van der Waals surface area (Å²) in [6, 6.07) is 3.51. The fraction of sp³-hybridized carbons (Fsp3) is 0.455. The molecule has 1 atom stereocenters. The molecule has 4 nitrogen and oxygen atoms in total. The summed E-state index contributed by atoms with van der Waals surface area (Å²) in [6.07, 6.45) is 3.11. The van der Waals surface area contributed by atoms with Crippen LogP contribution in [0, 0.1) is 0 Å². The number of carboxylic acid groups (broad SMARTS) is 1. The highest BCUT2D eigenvalue weighted by Crippen LogP contribution is 2.19. The quantitative estimate of drug-likeness (QED) is 0.797. The summed E-state index contributed by atoms with van der Waals surface area (Å²) in [4.78, 5) is 14.4. The zero-order valence-corrected chi connectivity index (χ0v) is 9.40. The maximum atomic E-state index is 10.5. The van der Waals surface area contributed by atoms with Gasteiger partial charge in [0.25, 0.3) is 0 Å². The van der Waals surface area contributed by atoms with Crippen molar-refractivity contribution in [2.24, 2.45) is 5.73 Å².